The van der Waals surface area contributed by atoms with Crippen molar-refractivity contribution in [3.63, 3.8) is 0 Å². The fourth-order valence-corrected chi connectivity index (χ4v) is 4.41. The summed E-state index contributed by atoms with van der Waals surface area (Å²) in [6.45, 7) is 4.28. The predicted octanol–water partition coefficient (Wildman–Crippen LogP) is 0.340. The zero-order valence-corrected chi connectivity index (χ0v) is 14.7. The van der Waals surface area contributed by atoms with Crippen LogP contribution in [0, 0.1) is 5.92 Å². The number of hydrogen-bond acceptors (Lipinski definition) is 6. The Morgan fingerprint density at radius 1 is 1.38 bits per heavy atom. The van der Waals surface area contributed by atoms with E-state index in [0.717, 1.165) is 50.5 Å². The second-order valence-corrected chi connectivity index (χ2v) is 7.31. The summed E-state index contributed by atoms with van der Waals surface area (Å²) in [6, 6.07) is 0. The first-order valence-electron chi connectivity index (χ1n) is 8.59. The number of nitrogens with zero attached hydrogens (tertiary/aromatic N) is 3. The lowest BCUT2D eigenvalue weighted by atomic mass is 9.97. The summed E-state index contributed by atoms with van der Waals surface area (Å²) < 4.78 is 0. The molecule has 24 heavy (non-hydrogen) atoms. The van der Waals surface area contributed by atoms with Crippen LogP contribution >= 0.6 is 11.8 Å². The van der Waals surface area contributed by atoms with Crippen molar-refractivity contribution in [3.8, 4) is 0 Å². The Morgan fingerprint density at radius 3 is 3.08 bits per heavy atom. The van der Waals surface area contributed by atoms with Crippen LogP contribution < -0.4 is 11.1 Å². The van der Waals surface area contributed by atoms with E-state index in [1.165, 1.54) is 5.70 Å². The predicted molar refractivity (Wildman–Crippen MR) is 95.3 cm³/mol. The lowest BCUT2D eigenvalue weighted by Gasteiger charge is -2.31. The minimum atomic E-state index is -0.333. The van der Waals surface area contributed by atoms with Crippen molar-refractivity contribution in [3.05, 3.63) is 11.1 Å². The average Bonchev–Trinajstić information content (AvgIpc) is 2.98. The zero-order valence-electron chi connectivity index (χ0n) is 13.9. The molecule has 0 aromatic carbocycles. The summed E-state index contributed by atoms with van der Waals surface area (Å²) in [5.41, 5.74) is 6.49. The standard InChI is InChI=1S/C16H25N5O2S/c17-14(22)10-20-7-1-3-12(9-20)15(23)18-6-4-13-11-24-16-19-5-2-8-21(13)16/h11-12H,1-10H2,(H2,17,22)(H,18,23). The second-order valence-electron chi connectivity index (χ2n) is 6.48. The van der Waals surface area contributed by atoms with Crippen molar-refractivity contribution in [2.24, 2.45) is 16.6 Å². The highest BCUT2D eigenvalue weighted by Gasteiger charge is 2.27. The smallest absolute Gasteiger partial charge is 0.231 e. The first kappa shape index (κ1) is 17.3. The number of amides is 2. The van der Waals surface area contributed by atoms with Gasteiger partial charge >= 0.3 is 0 Å². The van der Waals surface area contributed by atoms with Crippen molar-refractivity contribution in [1.82, 2.24) is 15.1 Å². The lowest BCUT2D eigenvalue weighted by molar-refractivity contribution is -0.128. The molecule has 0 bridgehead atoms. The van der Waals surface area contributed by atoms with Crippen LogP contribution in [-0.4, -0.2) is 66.1 Å². The quantitative estimate of drug-likeness (QED) is 0.720. The molecular formula is C16H25N5O2S. The molecule has 3 aliphatic rings. The number of hydrogen-bond donors (Lipinski definition) is 2. The van der Waals surface area contributed by atoms with Gasteiger partial charge in [0.15, 0.2) is 5.17 Å². The Morgan fingerprint density at radius 2 is 2.25 bits per heavy atom. The number of fused-ring (bicyclic) bond motifs is 1. The molecule has 7 nitrogen and oxygen atoms in total. The van der Waals surface area contributed by atoms with Crippen LogP contribution in [0.2, 0.25) is 0 Å². The first-order chi connectivity index (χ1) is 11.6. The van der Waals surface area contributed by atoms with Gasteiger partial charge in [0.2, 0.25) is 11.8 Å². The molecule has 3 rings (SSSR count). The summed E-state index contributed by atoms with van der Waals surface area (Å²) in [5.74, 6) is -0.291. The van der Waals surface area contributed by atoms with E-state index in [0.29, 0.717) is 13.1 Å². The maximum absolute atomic E-state index is 12.4. The van der Waals surface area contributed by atoms with Gasteiger partial charge in [-0.05, 0) is 31.2 Å². The third-order valence-electron chi connectivity index (χ3n) is 4.60. The number of rotatable bonds is 6. The number of nitrogens with two attached hydrogens (primary N) is 1. The highest BCUT2D eigenvalue weighted by molar-refractivity contribution is 8.16. The molecular weight excluding hydrogens is 326 g/mol. The van der Waals surface area contributed by atoms with Crippen LogP contribution in [0.5, 0.6) is 0 Å². The maximum Gasteiger partial charge on any atom is 0.231 e. The molecule has 1 fully saturated rings. The van der Waals surface area contributed by atoms with Crippen molar-refractivity contribution in [2.45, 2.75) is 25.7 Å². The number of carbonyl (C=O) groups is 2. The van der Waals surface area contributed by atoms with E-state index in [9.17, 15) is 9.59 Å². The van der Waals surface area contributed by atoms with Gasteiger partial charge in [0.25, 0.3) is 0 Å². The molecule has 3 N–H and O–H groups in total. The van der Waals surface area contributed by atoms with Crippen molar-refractivity contribution < 1.29 is 9.59 Å². The average molecular weight is 351 g/mol. The summed E-state index contributed by atoms with van der Waals surface area (Å²) >= 11 is 1.68. The summed E-state index contributed by atoms with van der Waals surface area (Å²) in [5, 5.41) is 6.29. The second kappa shape index (κ2) is 8.02. The van der Waals surface area contributed by atoms with E-state index in [2.05, 4.69) is 20.6 Å². The number of piperidine rings is 1. The summed E-state index contributed by atoms with van der Waals surface area (Å²) in [6.07, 6.45) is 3.73. The van der Waals surface area contributed by atoms with Gasteiger partial charge in [0, 0.05) is 38.3 Å². The Bertz CT molecular complexity index is 563. The molecule has 1 saturated heterocycles. The number of carbonyl (C=O) groups excluding carboxylic acids is 2. The van der Waals surface area contributed by atoms with E-state index >= 15 is 0 Å². The van der Waals surface area contributed by atoms with Gasteiger partial charge in [-0.25, -0.2) is 0 Å². The molecule has 0 aromatic heterocycles. The normalized spacial score (nSPS) is 24.2. The van der Waals surface area contributed by atoms with Crippen LogP contribution in [0.3, 0.4) is 0 Å². The van der Waals surface area contributed by atoms with Crippen molar-refractivity contribution >= 4 is 28.7 Å². The number of aliphatic imine (C=N–C) groups is 1. The SMILES string of the molecule is NC(=O)CN1CCCC(C(=O)NCCC2=CSC3=NCCCN23)C1. The Hall–Kier alpha value is -1.54. The third kappa shape index (κ3) is 4.30. The van der Waals surface area contributed by atoms with Gasteiger partial charge in [-0.1, -0.05) is 11.8 Å². The minimum Gasteiger partial charge on any atom is -0.369 e. The van der Waals surface area contributed by atoms with Gasteiger partial charge in [-0.15, -0.1) is 0 Å². The molecule has 1 atom stereocenters. The van der Waals surface area contributed by atoms with Crippen LogP contribution in [0.15, 0.2) is 16.1 Å². The molecule has 3 aliphatic heterocycles. The highest BCUT2D eigenvalue weighted by Crippen LogP contribution is 2.30. The number of nitrogens with one attached hydrogen (secondary N) is 1. The van der Waals surface area contributed by atoms with Crippen molar-refractivity contribution in [2.75, 3.05) is 39.3 Å². The number of amidine groups is 1. The molecule has 0 spiro atoms. The van der Waals surface area contributed by atoms with Gasteiger partial charge in [-0.3, -0.25) is 19.5 Å². The largest absolute Gasteiger partial charge is 0.369 e. The molecule has 1 unspecified atom stereocenters. The monoisotopic (exact) mass is 351 g/mol. The van der Waals surface area contributed by atoms with E-state index < -0.39 is 0 Å². The van der Waals surface area contributed by atoms with Crippen molar-refractivity contribution in [1.29, 1.82) is 0 Å². The summed E-state index contributed by atoms with van der Waals surface area (Å²) in [7, 11) is 0. The number of likely N-dealkylation sites (tertiary alicyclic amines) is 1. The molecule has 132 valence electrons. The molecule has 0 saturated carbocycles. The van der Waals surface area contributed by atoms with Crippen LogP contribution in [0.25, 0.3) is 0 Å². The van der Waals surface area contributed by atoms with E-state index in [4.69, 9.17) is 5.73 Å². The molecule has 2 amide bonds. The summed E-state index contributed by atoms with van der Waals surface area (Å²) in [4.78, 5) is 32.2. The third-order valence-corrected chi connectivity index (χ3v) is 5.55. The number of primary amides is 1. The zero-order chi connectivity index (χ0) is 16.9. The first-order valence-corrected chi connectivity index (χ1v) is 9.47. The molecule has 8 heteroatoms. The van der Waals surface area contributed by atoms with Crippen LogP contribution in [0.1, 0.15) is 25.7 Å². The van der Waals surface area contributed by atoms with Crippen LogP contribution in [0.4, 0.5) is 0 Å². The van der Waals surface area contributed by atoms with E-state index in [1.807, 2.05) is 4.90 Å². The van der Waals surface area contributed by atoms with E-state index in [1.54, 1.807) is 11.8 Å². The minimum absolute atomic E-state index is 0.0443. The van der Waals surface area contributed by atoms with Gasteiger partial charge in [-0.2, -0.15) is 0 Å². The molecule has 0 aliphatic carbocycles. The van der Waals surface area contributed by atoms with Gasteiger partial charge in [0.1, 0.15) is 0 Å². The fraction of sp³-hybridized carbons (Fsp3) is 0.688. The molecule has 0 aromatic rings. The van der Waals surface area contributed by atoms with Crippen LogP contribution in [-0.2, 0) is 9.59 Å². The van der Waals surface area contributed by atoms with Gasteiger partial charge in [0.05, 0.1) is 12.5 Å². The Labute approximate surface area is 146 Å². The Kier molecular flexibility index (Phi) is 5.78. The van der Waals surface area contributed by atoms with Gasteiger partial charge < -0.3 is 16.0 Å². The lowest BCUT2D eigenvalue weighted by Crippen LogP contribution is -2.46. The molecule has 0 radical (unpaired) electrons. The maximum atomic E-state index is 12.4. The van der Waals surface area contributed by atoms with E-state index in [-0.39, 0.29) is 24.3 Å². The fourth-order valence-electron chi connectivity index (χ4n) is 3.42. The highest BCUT2D eigenvalue weighted by atomic mass is 32.2. The number of thioether (sulfide) groups is 1. The molecule has 3 heterocycles. The topological polar surface area (TPSA) is 91.0 Å². The Balaban J connectivity index is 1.42.